The predicted molar refractivity (Wildman–Crippen MR) is 149 cm³/mol. The van der Waals surface area contributed by atoms with E-state index in [1.54, 1.807) is 4.90 Å². The summed E-state index contributed by atoms with van der Waals surface area (Å²) in [5, 5.41) is 10.8. The van der Waals surface area contributed by atoms with Gasteiger partial charge in [-0.05, 0) is 44.6 Å². The van der Waals surface area contributed by atoms with Crippen molar-refractivity contribution in [2.75, 3.05) is 27.2 Å². The second-order valence-corrected chi connectivity index (χ2v) is 10.5. The maximum absolute atomic E-state index is 10.1. The predicted octanol–water partition coefficient (Wildman–Crippen LogP) is 6.94. The van der Waals surface area contributed by atoms with Crippen LogP contribution in [0.2, 0.25) is 15.1 Å². The molecule has 35 heavy (non-hydrogen) atoms. The number of quaternary nitrogens is 1. The number of hydrogen-bond donors (Lipinski definition) is 1. The first kappa shape index (κ1) is 34.1. The fourth-order valence-electron chi connectivity index (χ4n) is 3.48. The summed E-state index contributed by atoms with van der Waals surface area (Å²) in [6.45, 7) is 3.03. The summed E-state index contributed by atoms with van der Waals surface area (Å²) in [5.41, 5.74) is 0. The molecule has 0 amide bonds. The third-order valence-electron chi connectivity index (χ3n) is 5.51. The molecule has 0 saturated heterocycles. The van der Waals surface area contributed by atoms with E-state index in [9.17, 15) is 9.90 Å². The Morgan fingerprint density at radius 1 is 0.800 bits per heavy atom. The molecule has 0 aliphatic rings. The Labute approximate surface area is 229 Å². The smallest absolute Gasteiger partial charge is 0.140 e. The molecule has 0 aliphatic heterocycles. The number of hydrogen-bond acceptors (Lipinski definition) is 3. The van der Waals surface area contributed by atoms with Gasteiger partial charge in [0.05, 0.1) is 41.7 Å². The quantitative estimate of drug-likeness (QED) is 0.115. The third-order valence-corrected chi connectivity index (χ3v) is 6.53. The monoisotopic (exact) mass is 549 g/mol. The lowest BCUT2D eigenvalue weighted by atomic mass is 10.1. The largest absolute Gasteiger partial charge is 0.546 e. The zero-order chi connectivity index (χ0) is 26.3. The average molecular weight is 551 g/mol. The number of benzene rings is 1. The fourth-order valence-corrected chi connectivity index (χ4v) is 4.07. The molecular weight excluding hydrogens is 505 g/mol. The van der Waals surface area contributed by atoms with E-state index in [1.807, 2.05) is 0 Å². The van der Waals surface area contributed by atoms with Crippen molar-refractivity contribution in [3.05, 3.63) is 39.4 Å². The number of nitrogens with one attached hydrogen (secondary N) is 1. The normalized spacial score (nSPS) is 11.1. The number of aliphatic carboxylic acids is 1. The average Bonchev–Trinajstić information content (AvgIpc) is 2.80. The van der Waals surface area contributed by atoms with Crippen molar-refractivity contribution < 1.29 is 19.5 Å². The van der Waals surface area contributed by atoms with E-state index < -0.39 is 12.6 Å². The van der Waals surface area contributed by atoms with E-state index in [1.165, 1.54) is 109 Å². The molecule has 0 radical (unpaired) electrons. The Balaban J connectivity index is 0.000000712. The molecule has 0 bridgehead atoms. The number of carboxylic acid groups (broad SMARTS) is 1. The standard InChI is InChI=1S/C20H41N.C8H5Cl3O3/c1-4-5-6-7-8-9-10-11-12-13-14-15-16-17-18-19-20-21(2)3;9-4-1-6(11)7(2-5(4)10)14-3-8(12)13/h11-12H,4-10,13-20H2,1-3H3;1-2H,3H2,(H,12,13). The van der Waals surface area contributed by atoms with Gasteiger partial charge in [-0.25, -0.2) is 0 Å². The van der Waals surface area contributed by atoms with Gasteiger partial charge in [0.2, 0.25) is 0 Å². The van der Waals surface area contributed by atoms with Crippen molar-refractivity contribution in [1.29, 1.82) is 0 Å². The Hall–Kier alpha value is -0.940. The van der Waals surface area contributed by atoms with Crippen molar-refractivity contribution >= 4 is 40.8 Å². The summed E-state index contributed by atoms with van der Waals surface area (Å²) in [5.74, 6) is -1.18. The molecule has 0 spiro atoms. The minimum Gasteiger partial charge on any atom is -0.546 e. The first-order chi connectivity index (χ1) is 16.8. The van der Waals surface area contributed by atoms with Crippen molar-refractivity contribution in [1.82, 2.24) is 0 Å². The van der Waals surface area contributed by atoms with Crippen molar-refractivity contribution in [2.24, 2.45) is 0 Å². The number of carbonyl (C=O) groups excluding carboxylic acids is 1. The van der Waals surface area contributed by atoms with Gasteiger partial charge in [-0.15, -0.1) is 0 Å². The number of rotatable bonds is 19. The molecule has 0 heterocycles. The zero-order valence-corrected chi connectivity index (χ0v) is 24.2. The maximum atomic E-state index is 10.1. The van der Waals surface area contributed by atoms with Crippen LogP contribution in [0.4, 0.5) is 0 Å². The minimum absolute atomic E-state index is 0.158. The van der Waals surface area contributed by atoms with Gasteiger partial charge in [-0.1, -0.05) is 105 Å². The molecule has 1 aromatic rings. The molecule has 1 rings (SSSR count). The van der Waals surface area contributed by atoms with Gasteiger partial charge in [-0.2, -0.15) is 0 Å². The highest BCUT2D eigenvalue weighted by Crippen LogP contribution is 2.33. The van der Waals surface area contributed by atoms with Crippen molar-refractivity contribution in [3.8, 4) is 5.75 Å². The van der Waals surface area contributed by atoms with E-state index in [2.05, 4.69) is 33.2 Å². The van der Waals surface area contributed by atoms with E-state index in [0.29, 0.717) is 0 Å². The van der Waals surface area contributed by atoms with Crippen LogP contribution in [0, 0.1) is 0 Å². The van der Waals surface area contributed by atoms with Crippen LogP contribution in [0.5, 0.6) is 5.75 Å². The highest BCUT2D eigenvalue weighted by atomic mass is 35.5. The van der Waals surface area contributed by atoms with Crippen LogP contribution in [0.1, 0.15) is 96.8 Å². The number of carboxylic acids is 1. The second-order valence-electron chi connectivity index (χ2n) is 9.25. The number of halogens is 3. The third kappa shape index (κ3) is 22.0. The van der Waals surface area contributed by atoms with Crippen LogP contribution in [0.15, 0.2) is 24.3 Å². The van der Waals surface area contributed by atoms with E-state index in [0.717, 1.165) is 0 Å². The summed E-state index contributed by atoms with van der Waals surface area (Å²) >= 11 is 17.0. The Kier molecular flexibility index (Phi) is 22.8. The van der Waals surface area contributed by atoms with Crippen LogP contribution >= 0.6 is 34.8 Å². The van der Waals surface area contributed by atoms with E-state index in [4.69, 9.17) is 39.5 Å². The van der Waals surface area contributed by atoms with Crippen molar-refractivity contribution in [3.63, 3.8) is 0 Å². The molecular formula is C28H46Cl3NO3. The first-order valence-corrected chi connectivity index (χ1v) is 14.3. The Morgan fingerprint density at radius 2 is 1.29 bits per heavy atom. The molecule has 4 nitrogen and oxygen atoms in total. The lowest BCUT2D eigenvalue weighted by Crippen LogP contribution is -3.05. The van der Waals surface area contributed by atoms with Gasteiger partial charge >= 0.3 is 0 Å². The van der Waals surface area contributed by atoms with Crippen LogP contribution < -0.4 is 14.7 Å². The van der Waals surface area contributed by atoms with Crippen LogP contribution in [-0.2, 0) is 4.79 Å². The van der Waals surface area contributed by atoms with Gasteiger partial charge in [0.25, 0.3) is 0 Å². The molecule has 1 aromatic carbocycles. The molecule has 0 aromatic heterocycles. The Bertz CT molecular complexity index is 696. The fraction of sp³-hybridized carbons (Fsp3) is 0.679. The highest BCUT2D eigenvalue weighted by Gasteiger charge is 2.06. The Morgan fingerprint density at radius 3 is 1.80 bits per heavy atom. The van der Waals surface area contributed by atoms with E-state index in [-0.39, 0.29) is 20.8 Å². The summed E-state index contributed by atoms with van der Waals surface area (Å²) in [6.07, 6.45) is 24.5. The van der Waals surface area contributed by atoms with E-state index >= 15 is 0 Å². The minimum atomic E-state index is -1.34. The van der Waals surface area contributed by atoms with Crippen LogP contribution in [-0.4, -0.2) is 33.2 Å². The molecule has 0 aliphatic carbocycles. The molecule has 0 unspecified atom stereocenters. The number of unbranched alkanes of at least 4 members (excludes halogenated alkanes) is 12. The van der Waals surface area contributed by atoms with Gasteiger partial charge in [0.1, 0.15) is 12.4 Å². The van der Waals surface area contributed by atoms with Crippen LogP contribution in [0.3, 0.4) is 0 Å². The van der Waals surface area contributed by atoms with Gasteiger partial charge in [-0.3, -0.25) is 0 Å². The molecule has 202 valence electrons. The second kappa shape index (κ2) is 23.5. The highest BCUT2D eigenvalue weighted by molar-refractivity contribution is 6.43. The SMILES string of the molecule is CCCCCCCCC=CCCCCCCCC[NH+](C)C.O=C([O-])COc1cc(Cl)c(Cl)cc1Cl. The summed E-state index contributed by atoms with van der Waals surface area (Å²) in [7, 11) is 4.50. The summed E-state index contributed by atoms with van der Waals surface area (Å²) in [4.78, 5) is 11.7. The number of allylic oxidation sites excluding steroid dienone is 2. The number of ether oxygens (including phenoxy) is 1. The van der Waals surface area contributed by atoms with Gasteiger partial charge in [0.15, 0.2) is 0 Å². The molecule has 7 heteroatoms. The molecule has 0 saturated carbocycles. The number of carbonyl (C=O) groups is 1. The summed E-state index contributed by atoms with van der Waals surface area (Å²) in [6, 6.07) is 2.71. The first-order valence-electron chi connectivity index (χ1n) is 13.2. The van der Waals surface area contributed by atoms with Crippen LogP contribution in [0.25, 0.3) is 0 Å². The topological polar surface area (TPSA) is 53.8 Å². The maximum Gasteiger partial charge on any atom is 0.140 e. The van der Waals surface area contributed by atoms with Crippen molar-refractivity contribution in [2.45, 2.75) is 96.8 Å². The van der Waals surface area contributed by atoms with Gasteiger partial charge < -0.3 is 19.5 Å². The lowest BCUT2D eigenvalue weighted by Gasteiger charge is -2.09. The molecule has 0 atom stereocenters. The zero-order valence-electron chi connectivity index (χ0n) is 22.0. The molecule has 1 N–H and O–H groups in total. The molecule has 0 fully saturated rings. The lowest BCUT2D eigenvalue weighted by molar-refractivity contribution is -0.858. The summed E-state index contributed by atoms with van der Waals surface area (Å²) < 4.78 is 4.80. The van der Waals surface area contributed by atoms with Gasteiger partial charge in [0, 0.05) is 6.07 Å².